The van der Waals surface area contributed by atoms with Gasteiger partial charge in [0.1, 0.15) is 11.3 Å². The molecule has 196 valence electrons. The van der Waals surface area contributed by atoms with Crippen LogP contribution in [0.4, 0.5) is 5.13 Å². The first kappa shape index (κ1) is 28.3. The lowest BCUT2D eigenvalue weighted by Crippen LogP contribution is -2.40. The molecule has 1 aliphatic rings. The average Bonchev–Trinajstić information content (AvgIpc) is 3.29. The van der Waals surface area contributed by atoms with Crippen molar-refractivity contribution in [2.24, 2.45) is 0 Å². The van der Waals surface area contributed by atoms with Gasteiger partial charge >= 0.3 is 0 Å². The zero-order valence-electron chi connectivity index (χ0n) is 20.5. The molecule has 3 aromatic rings. The number of sulfonamides is 1. The van der Waals surface area contributed by atoms with Gasteiger partial charge in [0.15, 0.2) is 5.13 Å². The van der Waals surface area contributed by atoms with Gasteiger partial charge in [-0.25, -0.2) is 13.4 Å². The summed E-state index contributed by atoms with van der Waals surface area (Å²) in [6, 6.07) is 11.9. The van der Waals surface area contributed by atoms with E-state index in [1.54, 1.807) is 17.0 Å². The Labute approximate surface area is 222 Å². The number of hydrogen-bond acceptors (Lipinski definition) is 8. The number of morpholine rings is 1. The number of carbonyl (C=O) groups is 1. The van der Waals surface area contributed by atoms with Gasteiger partial charge in [-0.1, -0.05) is 17.4 Å². The molecule has 0 bridgehead atoms. The summed E-state index contributed by atoms with van der Waals surface area (Å²) in [7, 11) is 0.259. The molecule has 0 spiro atoms. The average molecular weight is 555 g/mol. The predicted molar refractivity (Wildman–Crippen MR) is 144 cm³/mol. The molecule has 0 N–H and O–H groups in total. The summed E-state index contributed by atoms with van der Waals surface area (Å²) in [5.41, 5.74) is 1.12. The Balaban J connectivity index is 0.00000361. The molecule has 2 aromatic carbocycles. The minimum Gasteiger partial charge on any atom is -0.492 e. The van der Waals surface area contributed by atoms with E-state index in [9.17, 15) is 13.2 Å². The lowest BCUT2D eigenvalue weighted by Gasteiger charge is -2.26. The van der Waals surface area contributed by atoms with Crippen molar-refractivity contribution < 1.29 is 22.7 Å². The number of nitrogens with zero attached hydrogens (tertiary/aromatic N) is 4. The van der Waals surface area contributed by atoms with Crippen molar-refractivity contribution in [3.8, 4) is 5.75 Å². The molecular weight excluding hydrogens is 524 g/mol. The van der Waals surface area contributed by atoms with Crippen molar-refractivity contribution in [3.63, 3.8) is 0 Å². The van der Waals surface area contributed by atoms with E-state index < -0.39 is 10.0 Å². The van der Waals surface area contributed by atoms with Gasteiger partial charge in [0.05, 0.1) is 29.4 Å². The van der Waals surface area contributed by atoms with E-state index in [0.29, 0.717) is 62.4 Å². The number of rotatable bonds is 9. The number of para-hydroxylation sites is 1. The van der Waals surface area contributed by atoms with Crippen molar-refractivity contribution in [3.05, 3.63) is 48.0 Å². The van der Waals surface area contributed by atoms with E-state index in [1.165, 1.54) is 27.8 Å². The predicted octanol–water partition coefficient (Wildman–Crippen LogP) is 3.35. The van der Waals surface area contributed by atoms with Gasteiger partial charge in [0.25, 0.3) is 5.91 Å². The van der Waals surface area contributed by atoms with Crippen LogP contribution in [0.5, 0.6) is 5.75 Å². The van der Waals surface area contributed by atoms with E-state index in [1.807, 2.05) is 44.1 Å². The molecule has 1 saturated heterocycles. The van der Waals surface area contributed by atoms with Crippen LogP contribution in [0.3, 0.4) is 0 Å². The monoisotopic (exact) mass is 554 g/mol. The zero-order chi connectivity index (χ0) is 25.0. The van der Waals surface area contributed by atoms with Crippen LogP contribution >= 0.6 is 23.7 Å². The van der Waals surface area contributed by atoms with E-state index in [4.69, 9.17) is 14.5 Å². The zero-order valence-corrected chi connectivity index (χ0v) is 23.0. The lowest BCUT2D eigenvalue weighted by atomic mass is 10.2. The number of thiazole rings is 1. The molecule has 0 aliphatic carbocycles. The third-order valence-corrected chi connectivity index (χ3v) is 8.58. The quantitative estimate of drug-likeness (QED) is 0.400. The maximum Gasteiger partial charge on any atom is 0.260 e. The van der Waals surface area contributed by atoms with Crippen LogP contribution in [0.1, 0.15) is 17.3 Å². The summed E-state index contributed by atoms with van der Waals surface area (Å²) >= 11 is 1.43. The van der Waals surface area contributed by atoms with Crippen molar-refractivity contribution in [1.29, 1.82) is 0 Å². The molecule has 4 rings (SSSR count). The fourth-order valence-corrected chi connectivity index (χ4v) is 6.16. The second kappa shape index (κ2) is 12.3. The highest BCUT2D eigenvalue weighted by Crippen LogP contribution is 2.35. The second-order valence-corrected chi connectivity index (χ2v) is 11.3. The highest BCUT2D eigenvalue weighted by molar-refractivity contribution is 7.89. The number of aromatic nitrogens is 1. The Bertz CT molecular complexity index is 1280. The van der Waals surface area contributed by atoms with E-state index in [2.05, 4.69) is 0 Å². The fraction of sp³-hybridized carbons (Fsp3) is 0.417. The summed E-state index contributed by atoms with van der Waals surface area (Å²) < 4.78 is 39.2. The van der Waals surface area contributed by atoms with Crippen LogP contribution in [0.15, 0.2) is 47.4 Å². The second-order valence-electron chi connectivity index (χ2n) is 8.33. The highest BCUT2D eigenvalue weighted by atomic mass is 35.5. The number of likely N-dealkylation sites (N-methyl/N-ethyl adjacent to an activating group) is 1. The van der Waals surface area contributed by atoms with Gasteiger partial charge in [-0.15, -0.1) is 12.4 Å². The molecule has 0 saturated carbocycles. The summed E-state index contributed by atoms with van der Waals surface area (Å²) in [5.74, 6) is 0.448. The van der Waals surface area contributed by atoms with Crippen molar-refractivity contribution in [1.82, 2.24) is 14.2 Å². The number of benzene rings is 2. The molecule has 0 radical (unpaired) electrons. The van der Waals surface area contributed by atoms with Gasteiger partial charge in [0.2, 0.25) is 10.0 Å². The summed E-state index contributed by atoms with van der Waals surface area (Å²) in [5, 5.41) is 0.573. The van der Waals surface area contributed by atoms with Crippen LogP contribution in [0, 0.1) is 0 Å². The molecule has 9 nitrogen and oxygen atoms in total. The van der Waals surface area contributed by atoms with Crippen LogP contribution in [0.2, 0.25) is 0 Å². The summed E-state index contributed by atoms with van der Waals surface area (Å²) in [6.45, 7) is 4.92. The molecule has 1 aliphatic heterocycles. The molecule has 1 aromatic heterocycles. The fourth-order valence-electron chi connectivity index (χ4n) is 3.74. The van der Waals surface area contributed by atoms with Crippen LogP contribution < -0.4 is 9.64 Å². The first-order chi connectivity index (χ1) is 16.8. The lowest BCUT2D eigenvalue weighted by molar-refractivity contribution is 0.0730. The van der Waals surface area contributed by atoms with E-state index in [-0.39, 0.29) is 23.2 Å². The molecule has 36 heavy (non-hydrogen) atoms. The Kier molecular flexibility index (Phi) is 9.67. The molecule has 1 fully saturated rings. The Morgan fingerprint density at radius 1 is 1.11 bits per heavy atom. The van der Waals surface area contributed by atoms with Gasteiger partial charge in [-0.05, 0) is 57.4 Å². The largest absolute Gasteiger partial charge is 0.492 e. The first-order valence-corrected chi connectivity index (χ1v) is 13.7. The number of amides is 1. The number of fused-ring (bicyclic) bond motifs is 1. The molecule has 12 heteroatoms. The van der Waals surface area contributed by atoms with Gasteiger partial charge in [-0.3, -0.25) is 9.69 Å². The van der Waals surface area contributed by atoms with E-state index in [0.717, 1.165) is 10.2 Å². The number of ether oxygens (including phenoxy) is 2. The SMILES string of the molecule is CCOc1cccc2sc(N(CCN(C)C)C(=O)c3ccc(S(=O)(=O)N4CCOCC4)cc3)nc12.Cl. The maximum atomic E-state index is 13.6. The van der Waals surface area contributed by atoms with E-state index >= 15 is 0 Å². The Morgan fingerprint density at radius 3 is 2.44 bits per heavy atom. The van der Waals surface area contributed by atoms with Gasteiger partial charge < -0.3 is 14.4 Å². The van der Waals surface area contributed by atoms with Crippen molar-refractivity contribution in [2.45, 2.75) is 11.8 Å². The van der Waals surface area contributed by atoms with Crippen LogP contribution in [-0.4, -0.2) is 88.6 Å². The minimum absolute atomic E-state index is 0. The van der Waals surface area contributed by atoms with Crippen molar-refractivity contribution >= 4 is 55.0 Å². The normalized spacial score (nSPS) is 14.6. The highest BCUT2D eigenvalue weighted by Gasteiger charge is 2.27. The molecule has 2 heterocycles. The molecule has 0 atom stereocenters. The summed E-state index contributed by atoms with van der Waals surface area (Å²) in [6.07, 6.45) is 0. The van der Waals surface area contributed by atoms with Crippen molar-refractivity contribution in [2.75, 3.05) is 65.0 Å². The maximum absolute atomic E-state index is 13.6. The third-order valence-electron chi connectivity index (χ3n) is 5.63. The van der Waals surface area contributed by atoms with Crippen LogP contribution in [0.25, 0.3) is 10.2 Å². The first-order valence-electron chi connectivity index (χ1n) is 11.5. The van der Waals surface area contributed by atoms with Crippen LogP contribution in [-0.2, 0) is 14.8 Å². The Morgan fingerprint density at radius 2 is 1.81 bits per heavy atom. The Hall–Kier alpha value is -2.28. The number of anilines is 1. The molecular formula is C24H31ClN4O5S2. The third kappa shape index (κ3) is 6.16. The van der Waals surface area contributed by atoms with Gasteiger partial charge in [0, 0.05) is 31.7 Å². The molecule has 0 unspecified atom stereocenters. The number of carbonyl (C=O) groups excluding carboxylic acids is 1. The standard InChI is InChI=1S/C24H30N4O5S2.ClH/c1-4-33-20-6-5-7-21-22(20)25-24(34-21)28(13-12-26(2)3)23(29)18-8-10-19(11-9-18)35(30,31)27-14-16-32-17-15-27;/h5-11H,4,12-17H2,1-3H3;1H. The topological polar surface area (TPSA) is 92.3 Å². The minimum atomic E-state index is -3.63. The molecule has 1 amide bonds. The number of hydrogen-bond donors (Lipinski definition) is 0. The number of halogens is 1. The van der Waals surface area contributed by atoms with Gasteiger partial charge in [-0.2, -0.15) is 4.31 Å². The smallest absolute Gasteiger partial charge is 0.260 e. The summed E-state index contributed by atoms with van der Waals surface area (Å²) in [4.78, 5) is 22.1.